The zero-order valence-corrected chi connectivity index (χ0v) is 7.36. The fourth-order valence-electron chi connectivity index (χ4n) is 0.372. The van der Waals surface area contributed by atoms with Crippen molar-refractivity contribution in [3.63, 3.8) is 0 Å². The molecule has 1 unspecified atom stereocenters. The predicted molar refractivity (Wildman–Crippen MR) is 42.6 cm³/mol. The Balaban J connectivity index is 3.30. The van der Waals surface area contributed by atoms with E-state index in [1.54, 1.807) is 0 Å². The van der Waals surface area contributed by atoms with Crippen LogP contribution in [0.15, 0.2) is 0 Å². The van der Waals surface area contributed by atoms with Crippen molar-refractivity contribution in [1.29, 1.82) is 0 Å². The normalized spacial score (nSPS) is 11.1. The van der Waals surface area contributed by atoms with E-state index in [4.69, 9.17) is 16.3 Å². The summed E-state index contributed by atoms with van der Waals surface area (Å²) < 4.78 is 4.97. The second kappa shape index (κ2) is 5.65. The standard InChI is InChI=1S/C4H9NO3PS/c1-2-8-9(10)4-3-5(6)7/h2-4H2,1H3/q+1. The van der Waals surface area contributed by atoms with Crippen molar-refractivity contribution in [2.75, 3.05) is 19.3 Å². The van der Waals surface area contributed by atoms with Gasteiger partial charge in [-0.15, -0.1) is 0 Å². The number of hydrogen-bond acceptors (Lipinski definition) is 4. The summed E-state index contributed by atoms with van der Waals surface area (Å²) in [7, 11) is 0. The number of rotatable bonds is 5. The van der Waals surface area contributed by atoms with Crippen LogP contribution >= 0.6 is 6.92 Å². The minimum absolute atomic E-state index is 0.0742. The summed E-state index contributed by atoms with van der Waals surface area (Å²) in [5.74, 6) is 0. The van der Waals surface area contributed by atoms with Crippen LogP contribution in [0.25, 0.3) is 0 Å². The molecule has 0 rings (SSSR count). The molecule has 0 N–H and O–H groups in total. The maximum Gasteiger partial charge on any atom is 0.344 e. The molecule has 0 aliphatic rings. The Labute approximate surface area is 65.2 Å². The Hall–Kier alpha value is -0.120. The molecule has 0 saturated carbocycles. The molecule has 0 aliphatic carbocycles. The van der Waals surface area contributed by atoms with Crippen LogP contribution < -0.4 is 0 Å². The molecule has 0 fully saturated rings. The van der Waals surface area contributed by atoms with E-state index in [-0.39, 0.29) is 11.5 Å². The third-order valence-corrected chi connectivity index (χ3v) is 2.71. The van der Waals surface area contributed by atoms with Crippen molar-refractivity contribution < 1.29 is 9.45 Å². The molecule has 0 aliphatic heterocycles. The van der Waals surface area contributed by atoms with Crippen molar-refractivity contribution in [3.8, 4) is 0 Å². The van der Waals surface area contributed by atoms with E-state index in [0.717, 1.165) is 0 Å². The smallest absolute Gasteiger partial charge is 0.264 e. The predicted octanol–water partition coefficient (Wildman–Crippen LogP) is 1.16. The zero-order chi connectivity index (χ0) is 7.98. The van der Waals surface area contributed by atoms with Gasteiger partial charge in [0.25, 0.3) is 0 Å². The van der Waals surface area contributed by atoms with Crippen LogP contribution in [0.3, 0.4) is 0 Å². The highest BCUT2D eigenvalue weighted by atomic mass is 32.4. The largest absolute Gasteiger partial charge is 0.344 e. The summed E-state index contributed by atoms with van der Waals surface area (Å²) in [4.78, 5) is 9.45. The first-order chi connectivity index (χ1) is 4.66. The minimum atomic E-state index is -0.972. The van der Waals surface area contributed by atoms with Crippen LogP contribution in [0.2, 0.25) is 0 Å². The summed E-state index contributed by atoms with van der Waals surface area (Å²) in [6.07, 6.45) is 0.380. The first-order valence-electron chi connectivity index (χ1n) is 2.86. The lowest BCUT2D eigenvalue weighted by Crippen LogP contribution is -2.03. The van der Waals surface area contributed by atoms with Crippen LogP contribution in [0.1, 0.15) is 6.92 Å². The Morgan fingerprint density at radius 2 is 2.40 bits per heavy atom. The summed E-state index contributed by atoms with van der Waals surface area (Å²) in [5.41, 5.74) is 0. The zero-order valence-electron chi connectivity index (χ0n) is 5.65. The summed E-state index contributed by atoms with van der Waals surface area (Å²) in [6.45, 7) is 1.33. The van der Waals surface area contributed by atoms with Gasteiger partial charge < -0.3 is 0 Å². The first-order valence-corrected chi connectivity index (χ1v) is 5.32. The average Bonchev–Trinajstić information content (AvgIpc) is 1.85. The Kier molecular flexibility index (Phi) is 5.58. The van der Waals surface area contributed by atoms with Crippen molar-refractivity contribution in [1.82, 2.24) is 0 Å². The molecular formula is C4H9NO3PS+. The fraction of sp³-hybridized carbons (Fsp3) is 1.00. The van der Waals surface area contributed by atoms with Crippen molar-refractivity contribution in [3.05, 3.63) is 10.1 Å². The van der Waals surface area contributed by atoms with Crippen LogP contribution in [-0.4, -0.2) is 24.2 Å². The summed E-state index contributed by atoms with van der Waals surface area (Å²) in [5, 5.41) is 9.82. The van der Waals surface area contributed by atoms with Crippen molar-refractivity contribution >= 4 is 18.7 Å². The topological polar surface area (TPSA) is 52.4 Å². The summed E-state index contributed by atoms with van der Waals surface area (Å²) >= 11 is 4.79. The molecule has 4 nitrogen and oxygen atoms in total. The molecule has 0 aromatic rings. The van der Waals surface area contributed by atoms with Crippen molar-refractivity contribution in [2.45, 2.75) is 6.92 Å². The lowest BCUT2D eigenvalue weighted by molar-refractivity contribution is -0.474. The lowest BCUT2D eigenvalue weighted by Gasteiger charge is -1.85. The molecule has 0 aromatic heterocycles. The molecule has 0 bridgehead atoms. The molecule has 0 saturated heterocycles. The quantitative estimate of drug-likeness (QED) is 0.363. The lowest BCUT2D eigenvalue weighted by atomic mass is 10.8. The van der Waals surface area contributed by atoms with Crippen LogP contribution in [0, 0.1) is 10.1 Å². The van der Waals surface area contributed by atoms with Crippen LogP contribution in [0.4, 0.5) is 0 Å². The van der Waals surface area contributed by atoms with Gasteiger partial charge in [-0.1, -0.05) is 0 Å². The first kappa shape index (κ1) is 9.88. The maximum atomic E-state index is 9.82. The Morgan fingerprint density at radius 3 is 2.80 bits per heavy atom. The minimum Gasteiger partial charge on any atom is -0.264 e. The third kappa shape index (κ3) is 6.01. The van der Waals surface area contributed by atoms with Crippen LogP contribution in [-0.2, 0) is 16.3 Å². The van der Waals surface area contributed by atoms with Gasteiger partial charge in [0.05, 0.1) is 6.61 Å². The molecule has 58 valence electrons. The summed E-state index contributed by atoms with van der Waals surface area (Å²) in [6, 6.07) is 0. The van der Waals surface area contributed by atoms with Gasteiger partial charge in [0.1, 0.15) is 0 Å². The monoisotopic (exact) mass is 182 g/mol. The van der Waals surface area contributed by atoms with Gasteiger partial charge in [-0.25, -0.2) is 0 Å². The van der Waals surface area contributed by atoms with E-state index >= 15 is 0 Å². The maximum absolute atomic E-state index is 9.82. The van der Waals surface area contributed by atoms with Gasteiger partial charge in [0.15, 0.2) is 11.8 Å². The average molecular weight is 182 g/mol. The van der Waals surface area contributed by atoms with Crippen molar-refractivity contribution in [2.24, 2.45) is 0 Å². The van der Waals surface area contributed by atoms with Gasteiger partial charge in [-0.3, -0.25) is 10.1 Å². The van der Waals surface area contributed by atoms with Gasteiger partial charge >= 0.3 is 6.92 Å². The van der Waals surface area contributed by atoms with E-state index in [1.807, 2.05) is 6.92 Å². The van der Waals surface area contributed by atoms with E-state index in [0.29, 0.717) is 12.8 Å². The van der Waals surface area contributed by atoms with Gasteiger partial charge in [-0.2, -0.15) is 4.52 Å². The SMILES string of the molecule is CCO[P+](=S)CC[N+](=O)[O-]. The van der Waals surface area contributed by atoms with E-state index in [1.165, 1.54) is 0 Å². The number of nitrogens with zero attached hydrogens (tertiary/aromatic N) is 1. The van der Waals surface area contributed by atoms with Gasteiger partial charge in [0.2, 0.25) is 12.7 Å². The molecule has 10 heavy (non-hydrogen) atoms. The molecule has 0 amide bonds. The van der Waals surface area contributed by atoms with Gasteiger partial charge in [-0.05, 0) is 6.92 Å². The molecule has 6 heteroatoms. The molecular weight excluding hydrogens is 173 g/mol. The molecule has 0 aromatic carbocycles. The Bertz CT molecular complexity index is 140. The number of nitro groups is 1. The third-order valence-electron chi connectivity index (χ3n) is 0.738. The van der Waals surface area contributed by atoms with E-state index in [9.17, 15) is 10.1 Å². The molecule has 0 heterocycles. The molecule has 1 atom stereocenters. The Morgan fingerprint density at radius 1 is 1.80 bits per heavy atom. The highest BCUT2D eigenvalue weighted by molar-refractivity contribution is 8.02. The van der Waals surface area contributed by atoms with E-state index < -0.39 is 6.92 Å². The fourth-order valence-corrected chi connectivity index (χ4v) is 1.68. The van der Waals surface area contributed by atoms with Gasteiger partial charge in [0, 0.05) is 4.92 Å². The highest BCUT2D eigenvalue weighted by Gasteiger charge is 2.13. The molecule has 0 spiro atoms. The molecule has 0 radical (unpaired) electrons. The second-order valence-corrected chi connectivity index (χ2v) is 4.12. The van der Waals surface area contributed by atoms with Crippen LogP contribution in [0.5, 0.6) is 0 Å². The second-order valence-electron chi connectivity index (χ2n) is 1.53. The number of hydrogen-bond donors (Lipinski definition) is 0. The highest BCUT2D eigenvalue weighted by Crippen LogP contribution is 2.20. The van der Waals surface area contributed by atoms with E-state index in [2.05, 4.69) is 0 Å².